The standard InChI is InChI=1S/C30H39ClN8O4/c1-6-42-27(40)26-21-9-7-19-18-33-28(34-20-8-10-23(22(31)17-20)38-15-13-37(5)14-16-38)35-24(19)25(21)36-39(26)12-11-32-29(41)43-30(2,3)4/h8,10,17-18H,6-7,9,11-16H2,1-5H3,(H,32,41)(H,33,34,35). The maximum absolute atomic E-state index is 13.0. The summed E-state index contributed by atoms with van der Waals surface area (Å²) in [5.74, 6) is -0.0618. The van der Waals surface area contributed by atoms with Crippen LogP contribution < -0.4 is 15.5 Å². The number of aromatic nitrogens is 4. The van der Waals surface area contributed by atoms with Crippen molar-refractivity contribution >= 4 is 41.0 Å². The molecular weight excluding hydrogens is 572 g/mol. The van der Waals surface area contributed by atoms with E-state index in [2.05, 4.69) is 32.5 Å². The summed E-state index contributed by atoms with van der Waals surface area (Å²) in [6.45, 7) is 11.7. The molecule has 3 aromatic rings. The maximum Gasteiger partial charge on any atom is 0.407 e. The lowest BCUT2D eigenvalue weighted by atomic mass is 9.93. The zero-order chi connectivity index (χ0) is 30.7. The Morgan fingerprint density at radius 2 is 1.86 bits per heavy atom. The number of carbonyl (C=O) groups is 2. The summed E-state index contributed by atoms with van der Waals surface area (Å²) in [6.07, 6.45) is 2.51. The van der Waals surface area contributed by atoms with Crippen LogP contribution in [-0.2, 0) is 28.9 Å². The molecule has 230 valence electrons. The number of nitrogens with zero attached hydrogens (tertiary/aromatic N) is 6. The van der Waals surface area contributed by atoms with Crippen molar-refractivity contribution in [3.05, 3.63) is 46.2 Å². The van der Waals surface area contributed by atoms with Crippen molar-refractivity contribution in [1.82, 2.24) is 30.0 Å². The van der Waals surface area contributed by atoms with Gasteiger partial charge in [-0.05, 0) is 71.3 Å². The second-order valence-corrected chi connectivity index (χ2v) is 12.1. The fraction of sp³-hybridized carbons (Fsp3) is 0.500. The Morgan fingerprint density at radius 3 is 2.56 bits per heavy atom. The predicted molar refractivity (Wildman–Crippen MR) is 165 cm³/mol. The molecule has 13 heteroatoms. The molecule has 1 aliphatic carbocycles. The van der Waals surface area contributed by atoms with Crippen LogP contribution in [0.3, 0.4) is 0 Å². The molecule has 12 nitrogen and oxygen atoms in total. The largest absolute Gasteiger partial charge is 0.461 e. The van der Waals surface area contributed by atoms with Gasteiger partial charge in [-0.1, -0.05) is 11.6 Å². The normalized spacial score (nSPS) is 15.0. The summed E-state index contributed by atoms with van der Waals surface area (Å²) in [5, 5.41) is 11.4. The molecule has 0 atom stereocenters. The highest BCUT2D eigenvalue weighted by Crippen LogP contribution is 2.35. The Bertz CT molecular complexity index is 1490. The minimum Gasteiger partial charge on any atom is -0.461 e. The van der Waals surface area contributed by atoms with Gasteiger partial charge in [0, 0.05) is 50.2 Å². The number of amides is 1. The van der Waals surface area contributed by atoms with E-state index in [1.54, 1.807) is 38.6 Å². The van der Waals surface area contributed by atoms with E-state index in [0.717, 1.165) is 48.7 Å². The number of fused-ring (bicyclic) bond motifs is 3. The summed E-state index contributed by atoms with van der Waals surface area (Å²) < 4.78 is 12.3. The van der Waals surface area contributed by atoms with E-state index >= 15 is 0 Å². The van der Waals surface area contributed by atoms with E-state index in [1.165, 1.54) is 0 Å². The molecular formula is C30H39ClN8O4. The van der Waals surface area contributed by atoms with Gasteiger partial charge in [-0.3, -0.25) is 4.68 Å². The number of rotatable bonds is 8. The third-order valence-corrected chi connectivity index (χ3v) is 7.59. The minimum atomic E-state index is -0.613. The number of carbonyl (C=O) groups excluding carboxylic acids is 2. The van der Waals surface area contributed by atoms with E-state index < -0.39 is 17.7 Å². The summed E-state index contributed by atoms with van der Waals surface area (Å²) in [6, 6.07) is 5.87. The quantitative estimate of drug-likeness (QED) is 0.357. The highest BCUT2D eigenvalue weighted by atomic mass is 35.5. The predicted octanol–water partition coefficient (Wildman–Crippen LogP) is 4.29. The first kappa shape index (κ1) is 30.6. The Hall–Kier alpha value is -3.90. The van der Waals surface area contributed by atoms with E-state index in [1.807, 2.05) is 18.2 Å². The molecule has 0 bridgehead atoms. The third-order valence-electron chi connectivity index (χ3n) is 7.29. The Morgan fingerprint density at radius 1 is 1.09 bits per heavy atom. The van der Waals surface area contributed by atoms with E-state index in [0.29, 0.717) is 40.9 Å². The molecule has 2 N–H and O–H groups in total. The van der Waals surface area contributed by atoms with Gasteiger partial charge in [0.05, 0.1) is 29.6 Å². The monoisotopic (exact) mass is 610 g/mol. The minimum absolute atomic E-state index is 0.218. The molecule has 1 amide bonds. The molecule has 5 rings (SSSR count). The first-order valence-corrected chi connectivity index (χ1v) is 15.0. The second-order valence-electron chi connectivity index (χ2n) is 11.7. The van der Waals surface area contributed by atoms with Crippen LogP contribution in [0, 0.1) is 0 Å². The number of aryl methyl sites for hydroxylation is 1. The number of nitrogens with one attached hydrogen (secondary N) is 2. The van der Waals surface area contributed by atoms with Crippen LogP contribution in [0.25, 0.3) is 11.4 Å². The van der Waals surface area contributed by atoms with Gasteiger partial charge in [-0.15, -0.1) is 0 Å². The molecule has 0 radical (unpaired) electrons. The zero-order valence-corrected chi connectivity index (χ0v) is 26.1. The van der Waals surface area contributed by atoms with Crippen molar-refractivity contribution in [3.8, 4) is 11.4 Å². The van der Waals surface area contributed by atoms with E-state index in [-0.39, 0.29) is 19.7 Å². The number of hydrogen-bond acceptors (Lipinski definition) is 10. The van der Waals surface area contributed by atoms with Gasteiger partial charge in [0.25, 0.3) is 0 Å². The fourth-order valence-electron chi connectivity index (χ4n) is 5.23. The summed E-state index contributed by atoms with van der Waals surface area (Å²) in [4.78, 5) is 39.1. The van der Waals surface area contributed by atoms with E-state index in [4.69, 9.17) is 31.2 Å². The maximum atomic E-state index is 13.0. The van der Waals surface area contributed by atoms with Gasteiger partial charge in [0.1, 0.15) is 17.0 Å². The smallest absolute Gasteiger partial charge is 0.407 e. The molecule has 3 heterocycles. The molecule has 43 heavy (non-hydrogen) atoms. The van der Waals surface area contributed by atoms with Crippen LogP contribution in [0.1, 0.15) is 49.3 Å². The summed E-state index contributed by atoms with van der Waals surface area (Å²) in [5.41, 5.74) is 4.50. The molecule has 2 aromatic heterocycles. The van der Waals surface area contributed by atoms with Crippen molar-refractivity contribution < 1.29 is 19.1 Å². The van der Waals surface area contributed by atoms with Crippen LogP contribution in [-0.4, -0.2) is 88.7 Å². The molecule has 1 saturated heterocycles. The van der Waals surface area contributed by atoms with Crippen molar-refractivity contribution in [3.63, 3.8) is 0 Å². The average Bonchev–Trinajstić information content (AvgIpc) is 3.32. The van der Waals surface area contributed by atoms with Crippen molar-refractivity contribution in [2.24, 2.45) is 0 Å². The number of esters is 1. The Balaban J connectivity index is 1.37. The van der Waals surface area contributed by atoms with Crippen molar-refractivity contribution in [1.29, 1.82) is 0 Å². The number of ether oxygens (including phenoxy) is 2. The molecule has 1 fully saturated rings. The molecule has 0 spiro atoms. The van der Waals surface area contributed by atoms with Gasteiger partial charge in [0.15, 0.2) is 0 Å². The van der Waals surface area contributed by atoms with Gasteiger partial charge in [-0.25, -0.2) is 19.6 Å². The number of anilines is 3. The first-order valence-electron chi connectivity index (χ1n) is 14.6. The van der Waals surface area contributed by atoms with Crippen LogP contribution in [0.4, 0.5) is 22.1 Å². The van der Waals surface area contributed by atoms with Crippen molar-refractivity contribution in [2.45, 2.75) is 52.7 Å². The summed E-state index contributed by atoms with van der Waals surface area (Å²) in [7, 11) is 2.12. The molecule has 2 aliphatic rings. The van der Waals surface area contributed by atoms with Crippen molar-refractivity contribution in [2.75, 3.05) is 56.6 Å². The fourth-order valence-corrected chi connectivity index (χ4v) is 5.53. The van der Waals surface area contributed by atoms with E-state index in [9.17, 15) is 9.59 Å². The van der Waals surface area contributed by atoms with Gasteiger partial charge in [0.2, 0.25) is 5.95 Å². The lowest BCUT2D eigenvalue weighted by Crippen LogP contribution is -2.44. The number of halogens is 1. The highest BCUT2D eigenvalue weighted by Gasteiger charge is 2.31. The topological polar surface area (TPSA) is 127 Å². The molecule has 1 aromatic carbocycles. The highest BCUT2D eigenvalue weighted by molar-refractivity contribution is 6.33. The van der Waals surface area contributed by atoms with Crippen LogP contribution in [0.2, 0.25) is 5.02 Å². The molecule has 0 unspecified atom stereocenters. The number of alkyl carbamates (subject to hydrolysis) is 1. The molecule has 0 saturated carbocycles. The van der Waals surface area contributed by atoms with Crippen LogP contribution >= 0.6 is 11.6 Å². The lowest BCUT2D eigenvalue weighted by Gasteiger charge is -2.34. The average molecular weight is 611 g/mol. The summed E-state index contributed by atoms with van der Waals surface area (Å²) >= 11 is 6.69. The SMILES string of the molecule is CCOC(=O)c1c2c(nn1CCNC(=O)OC(C)(C)C)-c1nc(Nc3ccc(N4CCN(C)CC4)c(Cl)c3)ncc1CC2. The van der Waals surface area contributed by atoms with Crippen LogP contribution in [0.5, 0.6) is 0 Å². The number of piperazine rings is 1. The zero-order valence-electron chi connectivity index (χ0n) is 25.4. The second kappa shape index (κ2) is 12.8. The molecule has 1 aliphatic heterocycles. The number of likely N-dealkylation sites (N-methyl/N-ethyl adjacent to an activating group) is 1. The first-order chi connectivity index (χ1) is 20.5. The third kappa shape index (κ3) is 7.19. The Kier molecular flexibility index (Phi) is 9.07. The van der Waals surface area contributed by atoms with Gasteiger partial charge >= 0.3 is 12.1 Å². The van der Waals surface area contributed by atoms with Gasteiger partial charge < -0.3 is 29.9 Å². The van der Waals surface area contributed by atoms with Crippen LogP contribution in [0.15, 0.2) is 24.4 Å². The number of hydrogen-bond donors (Lipinski definition) is 2. The Labute approximate surface area is 256 Å². The van der Waals surface area contributed by atoms with Gasteiger partial charge in [-0.2, -0.15) is 5.10 Å². The lowest BCUT2D eigenvalue weighted by molar-refractivity contribution is 0.0510. The number of benzene rings is 1.